The van der Waals surface area contributed by atoms with Crippen molar-refractivity contribution in [3.8, 4) is 0 Å². The highest BCUT2D eigenvalue weighted by atomic mass is 16.6. The Hall–Kier alpha value is -2.75. The number of rotatable bonds is 8. The van der Waals surface area contributed by atoms with Gasteiger partial charge in [-0.1, -0.05) is 6.58 Å². The molecule has 0 amide bonds. The monoisotopic (exact) mass is 304 g/mol. The highest BCUT2D eigenvalue weighted by Gasteiger charge is 2.31. The highest BCUT2D eigenvalue weighted by molar-refractivity contribution is 5.94. The van der Waals surface area contributed by atoms with Gasteiger partial charge in [-0.15, -0.1) is 0 Å². The van der Waals surface area contributed by atoms with Crippen molar-refractivity contribution in [1.82, 2.24) is 0 Å². The summed E-state index contributed by atoms with van der Waals surface area (Å²) in [7, 11) is 0. The summed E-state index contributed by atoms with van der Waals surface area (Å²) in [5, 5.41) is 26.0. The van der Waals surface area contributed by atoms with Gasteiger partial charge in [0.25, 0.3) is 0 Å². The molecular formula is C11H12O10. The molecule has 10 nitrogen and oxygen atoms in total. The number of carbonyl (C=O) groups is 5. The van der Waals surface area contributed by atoms with Gasteiger partial charge in [-0.2, -0.15) is 0 Å². The van der Waals surface area contributed by atoms with E-state index in [1.165, 1.54) is 0 Å². The Morgan fingerprint density at radius 1 is 1.00 bits per heavy atom. The maximum Gasteiger partial charge on any atom is 0.355 e. The second-order valence-corrected chi connectivity index (χ2v) is 3.58. The first-order chi connectivity index (χ1) is 9.67. The summed E-state index contributed by atoms with van der Waals surface area (Å²) >= 11 is 0. The number of carboxylic acids is 2. The average Bonchev–Trinajstić information content (AvgIpc) is 2.36. The first-order valence-electron chi connectivity index (χ1n) is 5.37. The van der Waals surface area contributed by atoms with E-state index in [0.717, 1.165) is 0 Å². The molecule has 0 aromatic rings. The highest BCUT2D eigenvalue weighted by Crippen LogP contribution is 2.05. The van der Waals surface area contributed by atoms with E-state index in [4.69, 9.17) is 15.3 Å². The van der Waals surface area contributed by atoms with Gasteiger partial charge in [0.15, 0.2) is 6.10 Å². The molecule has 10 heteroatoms. The van der Waals surface area contributed by atoms with Crippen molar-refractivity contribution in [3.63, 3.8) is 0 Å². The Bertz CT molecular complexity index is 466. The number of ether oxygens (including phenoxy) is 2. The van der Waals surface area contributed by atoms with Crippen LogP contribution in [0.15, 0.2) is 12.7 Å². The summed E-state index contributed by atoms with van der Waals surface area (Å²) < 4.78 is 8.43. The number of carbonyl (C=O) groups excluding carboxylic acids is 3. The molecule has 21 heavy (non-hydrogen) atoms. The van der Waals surface area contributed by atoms with Gasteiger partial charge in [0.1, 0.15) is 0 Å². The van der Waals surface area contributed by atoms with Crippen LogP contribution in [0.3, 0.4) is 0 Å². The Morgan fingerprint density at radius 3 is 1.95 bits per heavy atom. The smallest absolute Gasteiger partial charge is 0.355 e. The van der Waals surface area contributed by atoms with Crippen LogP contribution in [-0.4, -0.2) is 57.4 Å². The van der Waals surface area contributed by atoms with Crippen molar-refractivity contribution in [2.45, 2.75) is 25.0 Å². The third-order valence-corrected chi connectivity index (χ3v) is 1.89. The SMILES string of the molecule is C=CC(=O)OC(CC(=O)O)C(=O)OC(=O)C(O)CC(=O)O. The molecule has 0 aliphatic carbocycles. The van der Waals surface area contributed by atoms with E-state index in [-0.39, 0.29) is 0 Å². The number of aliphatic carboxylic acids is 2. The zero-order valence-corrected chi connectivity index (χ0v) is 10.6. The van der Waals surface area contributed by atoms with E-state index >= 15 is 0 Å². The molecule has 0 bridgehead atoms. The molecule has 116 valence electrons. The fourth-order valence-electron chi connectivity index (χ4n) is 1.00. The van der Waals surface area contributed by atoms with Crippen LogP contribution in [0.2, 0.25) is 0 Å². The number of hydrogen-bond acceptors (Lipinski definition) is 8. The van der Waals surface area contributed by atoms with Crippen molar-refractivity contribution in [2.24, 2.45) is 0 Å². The predicted octanol–water partition coefficient (Wildman–Crippen LogP) is -1.54. The lowest BCUT2D eigenvalue weighted by Gasteiger charge is -2.14. The second kappa shape index (κ2) is 8.43. The summed E-state index contributed by atoms with van der Waals surface area (Å²) in [5.41, 5.74) is 0. The van der Waals surface area contributed by atoms with E-state index in [9.17, 15) is 24.0 Å². The van der Waals surface area contributed by atoms with E-state index in [1.807, 2.05) is 0 Å². The van der Waals surface area contributed by atoms with Crippen molar-refractivity contribution >= 4 is 29.8 Å². The number of esters is 3. The molecule has 0 rings (SSSR count). The minimum atomic E-state index is -2.12. The van der Waals surface area contributed by atoms with Crippen molar-refractivity contribution in [1.29, 1.82) is 0 Å². The summed E-state index contributed by atoms with van der Waals surface area (Å²) in [6.07, 6.45) is -5.40. The van der Waals surface area contributed by atoms with Gasteiger partial charge in [0, 0.05) is 6.08 Å². The Morgan fingerprint density at radius 2 is 1.52 bits per heavy atom. The number of aliphatic hydroxyl groups excluding tert-OH is 1. The van der Waals surface area contributed by atoms with E-state index in [1.54, 1.807) is 0 Å². The maximum absolute atomic E-state index is 11.5. The van der Waals surface area contributed by atoms with Crippen LogP contribution >= 0.6 is 0 Å². The predicted molar refractivity (Wildman–Crippen MR) is 61.7 cm³/mol. The molecular weight excluding hydrogens is 292 g/mol. The number of hydrogen-bond donors (Lipinski definition) is 3. The van der Waals surface area contributed by atoms with Crippen LogP contribution in [0.25, 0.3) is 0 Å². The largest absolute Gasteiger partial charge is 0.481 e. The minimum Gasteiger partial charge on any atom is -0.481 e. The van der Waals surface area contributed by atoms with Crippen molar-refractivity contribution < 1.29 is 48.8 Å². The molecule has 0 heterocycles. The van der Waals surface area contributed by atoms with Crippen LogP contribution in [0.5, 0.6) is 0 Å². The fourth-order valence-corrected chi connectivity index (χ4v) is 1.00. The van der Waals surface area contributed by atoms with Gasteiger partial charge in [-0.05, 0) is 0 Å². The molecule has 0 aromatic heterocycles. The third kappa shape index (κ3) is 7.42. The van der Waals surface area contributed by atoms with Crippen LogP contribution in [-0.2, 0) is 33.4 Å². The van der Waals surface area contributed by atoms with E-state index in [0.29, 0.717) is 6.08 Å². The van der Waals surface area contributed by atoms with Gasteiger partial charge >= 0.3 is 29.8 Å². The quantitative estimate of drug-likeness (QED) is 0.272. The zero-order chi connectivity index (χ0) is 16.6. The number of aliphatic hydroxyl groups is 1. The van der Waals surface area contributed by atoms with Crippen LogP contribution in [0.1, 0.15) is 12.8 Å². The lowest BCUT2D eigenvalue weighted by molar-refractivity contribution is -0.179. The normalized spacial score (nSPS) is 12.6. The second-order valence-electron chi connectivity index (χ2n) is 3.58. The molecule has 0 spiro atoms. The standard InChI is InChI=1S/C11H12O10/c1-2-9(17)20-6(4-8(15)16)11(19)21-10(18)5(12)3-7(13)14/h2,5-6,12H,1,3-4H2,(H,13,14)(H,15,16). The third-order valence-electron chi connectivity index (χ3n) is 1.89. The summed E-state index contributed by atoms with van der Waals surface area (Å²) in [6.45, 7) is 3.03. The van der Waals surface area contributed by atoms with E-state index < -0.39 is 54.9 Å². The van der Waals surface area contributed by atoms with Crippen molar-refractivity contribution in [3.05, 3.63) is 12.7 Å². The van der Waals surface area contributed by atoms with Gasteiger partial charge in [0.05, 0.1) is 12.8 Å². The molecule has 0 aliphatic rings. The van der Waals surface area contributed by atoms with Gasteiger partial charge in [0.2, 0.25) is 6.10 Å². The topological polar surface area (TPSA) is 165 Å². The van der Waals surface area contributed by atoms with Gasteiger partial charge in [-0.25, -0.2) is 14.4 Å². The molecule has 3 N–H and O–H groups in total. The Balaban J connectivity index is 4.76. The number of carboxylic acid groups (broad SMARTS) is 2. The van der Waals surface area contributed by atoms with Crippen LogP contribution in [0.4, 0.5) is 0 Å². The maximum atomic E-state index is 11.5. The van der Waals surface area contributed by atoms with E-state index in [2.05, 4.69) is 16.1 Å². The molecule has 2 unspecified atom stereocenters. The summed E-state index contributed by atoms with van der Waals surface area (Å²) in [5.74, 6) is -7.33. The fraction of sp³-hybridized carbons (Fsp3) is 0.364. The van der Waals surface area contributed by atoms with Gasteiger partial charge < -0.3 is 24.8 Å². The van der Waals surface area contributed by atoms with Crippen LogP contribution in [0, 0.1) is 0 Å². The Labute approximate surface area is 117 Å². The van der Waals surface area contributed by atoms with Gasteiger partial charge in [-0.3, -0.25) is 9.59 Å². The summed E-state index contributed by atoms with van der Waals surface area (Å²) in [6, 6.07) is 0. The molecule has 0 saturated carbocycles. The molecule has 0 radical (unpaired) electrons. The zero-order valence-electron chi connectivity index (χ0n) is 10.6. The lowest BCUT2D eigenvalue weighted by Crippen LogP contribution is -2.36. The first-order valence-corrected chi connectivity index (χ1v) is 5.37. The molecule has 2 atom stereocenters. The molecule has 0 aromatic carbocycles. The average molecular weight is 304 g/mol. The Kier molecular flexibility index (Phi) is 7.32. The molecule has 0 saturated heterocycles. The lowest BCUT2D eigenvalue weighted by atomic mass is 10.2. The van der Waals surface area contributed by atoms with Crippen molar-refractivity contribution in [2.75, 3.05) is 0 Å². The molecule has 0 fully saturated rings. The molecule has 0 aliphatic heterocycles. The first kappa shape index (κ1) is 18.2. The summed E-state index contributed by atoms with van der Waals surface area (Å²) in [4.78, 5) is 54.3. The van der Waals surface area contributed by atoms with Crippen LogP contribution < -0.4 is 0 Å². The minimum absolute atomic E-state index is 0.656.